The second-order valence-electron chi connectivity index (χ2n) is 4.44. The number of benzene rings is 2. The van der Waals surface area contributed by atoms with Gasteiger partial charge in [0.1, 0.15) is 5.69 Å². The molecular formula is C16H13ClFNS. The van der Waals surface area contributed by atoms with E-state index in [1.165, 1.54) is 11.6 Å². The van der Waals surface area contributed by atoms with Crippen molar-refractivity contribution in [2.45, 2.75) is 19.8 Å². The van der Waals surface area contributed by atoms with Gasteiger partial charge in [-0.2, -0.15) is 4.99 Å². The summed E-state index contributed by atoms with van der Waals surface area (Å²) < 4.78 is 13.9. The second kappa shape index (κ2) is 6.76. The molecule has 0 radical (unpaired) electrons. The maximum atomic E-state index is 13.9. The molecule has 4 heteroatoms. The molecule has 0 unspecified atom stereocenters. The smallest absolute Gasteiger partial charge is 0.151 e. The van der Waals surface area contributed by atoms with Gasteiger partial charge in [-0.05, 0) is 47.5 Å². The molecule has 0 aromatic heterocycles. The van der Waals surface area contributed by atoms with Crippen molar-refractivity contribution >= 4 is 34.7 Å². The van der Waals surface area contributed by atoms with Gasteiger partial charge in [-0.25, -0.2) is 4.39 Å². The summed E-state index contributed by atoms with van der Waals surface area (Å²) in [6.07, 6.45) is 2.14. The molecule has 0 aliphatic carbocycles. The SMILES string of the molecule is CCCc1ccc(-c2cc(F)c(N=C=S)c(Cl)c2)cc1. The Hall–Kier alpha value is -1.54. The topological polar surface area (TPSA) is 12.4 Å². The summed E-state index contributed by atoms with van der Waals surface area (Å²) in [7, 11) is 0. The van der Waals surface area contributed by atoms with Crippen molar-refractivity contribution < 1.29 is 4.39 Å². The van der Waals surface area contributed by atoms with Crippen LogP contribution in [0.1, 0.15) is 18.9 Å². The highest BCUT2D eigenvalue weighted by molar-refractivity contribution is 7.78. The van der Waals surface area contributed by atoms with Crippen molar-refractivity contribution in [1.82, 2.24) is 0 Å². The Kier molecular flexibility index (Phi) is 5.02. The third kappa shape index (κ3) is 3.31. The maximum absolute atomic E-state index is 13.9. The van der Waals surface area contributed by atoms with E-state index in [9.17, 15) is 4.39 Å². The fourth-order valence-corrected chi connectivity index (χ4v) is 2.38. The molecule has 0 saturated heterocycles. The van der Waals surface area contributed by atoms with Crippen LogP contribution in [0.5, 0.6) is 0 Å². The van der Waals surface area contributed by atoms with Crippen molar-refractivity contribution in [3.05, 3.63) is 52.8 Å². The number of isothiocyanates is 1. The molecule has 0 amide bonds. The van der Waals surface area contributed by atoms with Gasteiger partial charge in [-0.1, -0.05) is 49.2 Å². The van der Waals surface area contributed by atoms with Crippen molar-refractivity contribution in [3.63, 3.8) is 0 Å². The minimum atomic E-state index is -0.498. The lowest BCUT2D eigenvalue weighted by molar-refractivity contribution is 0.630. The molecule has 0 saturated carbocycles. The molecule has 1 nitrogen and oxygen atoms in total. The van der Waals surface area contributed by atoms with Crippen molar-refractivity contribution in [2.75, 3.05) is 0 Å². The highest BCUT2D eigenvalue weighted by Crippen LogP contribution is 2.33. The van der Waals surface area contributed by atoms with Crippen LogP contribution < -0.4 is 0 Å². The van der Waals surface area contributed by atoms with Crippen LogP contribution in [0.25, 0.3) is 11.1 Å². The van der Waals surface area contributed by atoms with Gasteiger partial charge in [-0.15, -0.1) is 0 Å². The summed E-state index contributed by atoms with van der Waals surface area (Å²) in [6.45, 7) is 2.14. The van der Waals surface area contributed by atoms with Gasteiger partial charge in [-0.3, -0.25) is 0 Å². The molecule has 0 spiro atoms. The number of halogens is 2. The lowest BCUT2D eigenvalue weighted by Crippen LogP contribution is -1.86. The fourth-order valence-electron chi connectivity index (χ4n) is 2.04. The highest BCUT2D eigenvalue weighted by Gasteiger charge is 2.10. The first-order valence-corrected chi connectivity index (χ1v) is 7.10. The Balaban J connectivity index is 2.40. The molecule has 102 valence electrons. The van der Waals surface area contributed by atoms with E-state index in [1.54, 1.807) is 6.07 Å². The molecule has 0 aliphatic heterocycles. The Morgan fingerprint density at radius 3 is 2.45 bits per heavy atom. The molecule has 0 N–H and O–H groups in total. The van der Waals surface area contributed by atoms with Crippen LogP contribution in [0.3, 0.4) is 0 Å². The fraction of sp³-hybridized carbons (Fsp3) is 0.188. The molecule has 0 atom stereocenters. The Labute approximate surface area is 128 Å². The van der Waals surface area contributed by atoms with Crippen molar-refractivity contribution in [3.8, 4) is 11.1 Å². The summed E-state index contributed by atoms with van der Waals surface area (Å²) in [4.78, 5) is 3.64. The monoisotopic (exact) mass is 305 g/mol. The number of rotatable bonds is 4. The predicted molar refractivity (Wildman–Crippen MR) is 85.5 cm³/mol. The zero-order valence-electron chi connectivity index (χ0n) is 11.0. The zero-order chi connectivity index (χ0) is 14.5. The van der Waals surface area contributed by atoms with Gasteiger partial charge in [0.15, 0.2) is 5.82 Å². The first-order chi connectivity index (χ1) is 9.65. The molecule has 0 aliphatic rings. The maximum Gasteiger partial charge on any atom is 0.151 e. The van der Waals surface area contributed by atoms with Gasteiger partial charge in [0, 0.05) is 0 Å². The van der Waals surface area contributed by atoms with Crippen LogP contribution in [0.15, 0.2) is 41.4 Å². The van der Waals surface area contributed by atoms with Gasteiger partial charge >= 0.3 is 0 Å². The zero-order valence-corrected chi connectivity index (χ0v) is 12.6. The Morgan fingerprint density at radius 1 is 1.20 bits per heavy atom. The lowest BCUT2D eigenvalue weighted by atomic mass is 10.0. The summed E-state index contributed by atoms with van der Waals surface area (Å²) in [5, 5.41) is 2.36. The van der Waals surface area contributed by atoms with E-state index in [-0.39, 0.29) is 10.7 Å². The number of thiocarbonyl (C=S) groups is 1. The van der Waals surface area contributed by atoms with Crippen molar-refractivity contribution in [1.29, 1.82) is 0 Å². The van der Waals surface area contributed by atoms with E-state index < -0.39 is 5.82 Å². The van der Waals surface area contributed by atoms with E-state index in [0.717, 1.165) is 24.0 Å². The minimum Gasteiger partial charge on any atom is -0.205 e. The third-order valence-electron chi connectivity index (χ3n) is 3.00. The van der Waals surface area contributed by atoms with E-state index >= 15 is 0 Å². The number of hydrogen-bond acceptors (Lipinski definition) is 2. The van der Waals surface area contributed by atoms with Crippen LogP contribution in [-0.2, 0) is 6.42 Å². The van der Waals surface area contributed by atoms with E-state index in [2.05, 4.69) is 29.3 Å². The van der Waals surface area contributed by atoms with Gasteiger partial charge in [0.25, 0.3) is 0 Å². The second-order valence-corrected chi connectivity index (χ2v) is 5.03. The first kappa shape index (κ1) is 14.9. The molecule has 2 rings (SSSR count). The Bertz CT molecular complexity index is 638. The largest absolute Gasteiger partial charge is 0.205 e. The number of nitrogens with zero attached hydrogens (tertiary/aromatic N) is 1. The van der Waals surface area contributed by atoms with Crippen molar-refractivity contribution in [2.24, 2.45) is 4.99 Å². The van der Waals surface area contributed by atoms with E-state index in [4.69, 9.17) is 11.6 Å². The molecule has 2 aromatic rings. The minimum absolute atomic E-state index is 0.0352. The quantitative estimate of drug-likeness (QED) is 0.511. The molecule has 0 fully saturated rings. The number of aryl methyl sites for hydroxylation is 1. The number of hydrogen-bond donors (Lipinski definition) is 0. The molecule has 2 aromatic carbocycles. The van der Waals surface area contributed by atoms with Crippen LogP contribution in [0.4, 0.5) is 10.1 Å². The van der Waals surface area contributed by atoms with E-state index in [1.807, 2.05) is 24.3 Å². The van der Waals surface area contributed by atoms with Crippen LogP contribution in [-0.4, -0.2) is 5.16 Å². The van der Waals surface area contributed by atoms with E-state index in [0.29, 0.717) is 0 Å². The first-order valence-electron chi connectivity index (χ1n) is 6.32. The molecule has 20 heavy (non-hydrogen) atoms. The normalized spacial score (nSPS) is 10.2. The number of aliphatic imine (C=N–C) groups is 1. The third-order valence-corrected chi connectivity index (χ3v) is 3.38. The van der Waals surface area contributed by atoms with Crippen LogP contribution in [0.2, 0.25) is 5.02 Å². The van der Waals surface area contributed by atoms with Gasteiger partial charge in [0.05, 0.1) is 10.2 Å². The summed E-state index contributed by atoms with van der Waals surface area (Å²) in [5.41, 5.74) is 2.94. The highest BCUT2D eigenvalue weighted by atomic mass is 35.5. The summed E-state index contributed by atoms with van der Waals surface area (Å²) >= 11 is 10.5. The van der Waals surface area contributed by atoms with Gasteiger partial charge in [0.2, 0.25) is 0 Å². The average Bonchev–Trinajstić information content (AvgIpc) is 2.44. The standard InChI is InChI=1S/C16H13ClFNS/c1-2-3-11-4-6-12(7-5-11)13-8-14(17)16(19-10-20)15(18)9-13/h4-9H,2-3H2,1H3. The summed E-state index contributed by atoms with van der Waals surface area (Å²) in [6, 6.07) is 11.1. The summed E-state index contributed by atoms with van der Waals surface area (Å²) in [5.74, 6) is -0.498. The van der Waals surface area contributed by atoms with Gasteiger partial charge < -0.3 is 0 Å². The molecule has 0 heterocycles. The average molecular weight is 306 g/mol. The van der Waals surface area contributed by atoms with Crippen LogP contribution >= 0.6 is 23.8 Å². The van der Waals surface area contributed by atoms with Crippen LogP contribution in [0, 0.1) is 5.82 Å². The molecular weight excluding hydrogens is 293 g/mol. The molecule has 0 bridgehead atoms. The Morgan fingerprint density at radius 2 is 1.90 bits per heavy atom. The predicted octanol–water partition coefficient (Wildman–Crippen LogP) is 5.83. The lowest BCUT2D eigenvalue weighted by Gasteiger charge is -2.06.